The van der Waals surface area contributed by atoms with Gasteiger partial charge in [0.25, 0.3) is 0 Å². The second-order valence-corrected chi connectivity index (χ2v) is 4.40. The summed E-state index contributed by atoms with van der Waals surface area (Å²) in [5.41, 5.74) is 0.804. The summed E-state index contributed by atoms with van der Waals surface area (Å²) in [5, 5.41) is 3.00. The van der Waals surface area contributed by atoms with Gasteiger partial charge in [0.05, 0.1) is 13.7 Å². The lowest BCUT2D eigenvalue weighted by atomic mass is 10.2. The highest BCUT2D eigenvalue weighted by Gasteiger charge is 2.13. The van der Waals surface area contributed by atoms with E-state index in [0.29, 0.717) is 18.1 Å². The summed E-state index contributed by atoms with van der Waals surface area (Å²) in [6.07, 6.45) is 0. The van der Waals surface area contributed by atoms with Crippen LogP contribution in [0.1, 0.15) is 12.7 Å². The molecular weight excluding hydrogens is 261 g/mol. The van der Waals surface area contributed by atoms with Gasteiger partial charge in [-0.1, -0.05) is 0 Å². The molecule has 1 heterocycles. The van der Waals surface area contributed by atoms with E-state index in [1.165, 1.54) is 19.2 Å². The molecule has 2 aromatic rings. The zero-order valence-electron chi connectivity index (χ0n) is 11.4. The van der Waals surface area contributed by atoms with Crippen molar-refractivity contribution in [3.63, 3.8) is 0 Å². The Balaban J connectivity index is 1.99. The third-order valence-electron chi connectivity index (χ3n) is 2.93. The number of benzene rings is 1. The largest absolute Gasteiger partial charge is 0.468 e. The Labute approximate surface area is 116 Å². The molecule has 0 saturated heterocycles. The number of hydrogen-bond donors (Lipinski definition) is 1. The standard InChI is InChI=1S/C15H16FNO3/c1-10(15(18)19-2)17-9-13-7-8-14(20-13)11-3-5-12(16)6-4-11/h3-8,10,17H,9H2,1-2H3. The number of hydrogen-bond acceptors (Lipinski definition) is 4. The van der Waals surface area contributed by atoms with Crippen molar-refractivity contribution in [1.82, 2.24) is 5.32 Å². The maximum atomic E-state index is 12.8. The van der Waals surface area contributed by atoms with Crippen molar-refractivity contribution in [2.45, 2.75) is 19.5 Å². The van der Waals surface area contributed by atoms with Crippen LogP contribution < -0.4 is 5.32 Å². The monoisotopic (exact) mass is 277 g/mol. The number of esters is 1. The van der Waals surface area contributed by atoms with Crippen LogP contribution >= 0.6 is 0 Å². The van der Waals surface area contributed by atoms with E-state index in [9.17, 15) is 9.18 Å². The van der Waals surface area contributed by atoms with Crippen LogP contribution in [0.15, 0.2) is 40.8 Å². The van der Waals surface area contributed by atoms with Crippen LogP contribution in [-0.2, 0) is 16.1 Å². The second kappa shape index (κ2) is 6.34. The molecule has 20 heavy (non-hydrogen) atoms. The first-order valence-electron chi connectivity index (χ1n) is 6.26. The number of ether oxygens (including phenoxy) is 1. The van der Waals surface area contributed by atoms with Gasteiger partial charge in [-0.15, -0.1) is 0 Å². The maximum Gasteiger partial charge on any atom is 0.322 e. The molecule has 0 fully saturated rings. The second-order valence-electron chi connectivity index (χ2n) is 4.40. The Morgan fingerprint density at radius 1 is 1.30 bits per heavy atom. The van der Waals surface area contributed by atoms with E-state index in [1.54, 1.807) is 19.1 Å². The van der Waals surface area contributed by atoms with E-state index in [2.05, 4.69) is 10.1 Å². The number of methoxy groups -OCH3 is 1. The van der Waals surface area contributed by atoms with Crippen LogP contribution in [0, 0.1) is 5.82 Å². The Hall–Kier alpha value is -2.14. The van der Waals surface area contributed by atoms with Gasteiger partial charge in [-0.3, -0.25) is 10.1 Å². The normalized spacial score (nSPS) is 12.2. The molecule has 0 saturated carbocycles. The van der Waals surface area contributed by atoms with Crippen molar-refractivity contribution in [1.29, 1.82) is 0 Å². The van der Waals surface area contributed by atoms with E-state index in [1.807, 2.05) is 12.1 Å². The summed E-state index contributed by atoms with van der Waals surface area (Å²) in [5.74, 6) is 0.747. The molecule has 0 aliphatic carbocycles. The molecule has 4 nitrogen and oxygen atoms in total. The molecule has 1 atom stereocenters. The highest BCUT2D eigenvalue weighted by atomic mass is 19.1. The van der Waals surface area contributed by atoms with Gasteiger partial charge in [-0.25, -0.2) is 4.39 Å². The Bertz CT molecular complexity index is 577. The van der Waals surface area contributed by atoms with Gasteiger partial charge in [0.15, 0.2) is 0 Å². The first-order chi connectivity index (χ1) is 9.60. The van der Waals surface area contributed by atoms with E-state index in [0.717, 1.165) is 5.56 Å². The number of rotatable bonds is 5. The van der Waals surface area contributed by atoms with Gasteiger partial charge in [0, 0.05) is 5.56 Å². The third kappa shape index (κ3) is 3.45. The molecular formula is C15H16FNO3. The summed E-state index contributed by atoms with van der Waals surface area (Å²) in [4.78, 5) is 11.2. The van der Waals surface area contributed by atoms with Crippen LogP contribution in [0.2, 0.25) is 0 Å². The number of furan rings is 1. The van der Waals surface area contributed by atoms with Gasteiger partial charge >= 0.3 is 5.97 Å². The third-order valence-corrected chi connectivity index (χ3v) is 2.93. The summed E-state index contributed by atoms with van der Waals surface area (Å²) < 4.78 is 23.1. The minimum atomic E-state index is -0.403. The Kier molecular flexibility index (Phi) is 4.53. The number of carbonyl (C=O) groups is 1. The molecule has 0 bridgehead atoms. The van der Waals surface area contributed by atoms with E-state index < -0.39 is 6.04 Å². The SMILES string of the molecule is COC(=O)C(C)NCc1ccc(-c2ccc(F)cc2)o1. The fraction of sp³-hybridized carbons (Fsp3) is 0.267. The first-order valence-corrected chi connectivity index (χ1v) is 6.26. The molecule has 0 spiro atoms. The van der Waals surface area contributed by atoms with E-state index in [4.69, 9.17) is 4.42 Å². The van der Waals surface area contributed by atoms with Crippen LogP contribution in [0.25, 0.3) is 11.3 Å². The molecule has 5 heteroatoms. The summed E-state index contributed by atoms with van der Waals surface area (Å²) >= 11 is 0. The molecule has 0 amide bonds. The average Bonchev–Trinajstić information content (AvgIpc) is 2.93. The van der Waals surface area contributed by atoms with Crippen molar-refractivity contribution in [3.05, 3.63) is 48.0 Å². The smallest absolute Gasteiger partial charge is 0.322 e. The summed E-state index contributed by atoms with van der Waals surface area (Å²) in [6.45, 7) is 2.13. The minimum Gasteiger partial charge on any atom is -0.468 e. The number of carbonyl (C=O) groups excluding carboxylic acids is 1. The van der Waals surface area contributed by atoms with Crippen molar-refractivity contribution >= 4 is 5.97 Å². The zero-order chi connectivity index (χ0) is 14.5. The lowest BCUT2D eigenvalue weighted by molar-refractivity contribution is -0.142. The quantitative estimate of drug-likeness (QED) is 0.854. The highest BCUT2D eigenvalue weighted by molar-refractivity contribution is 5.75. The van der Waals surface area contributed by atoms with Crippen LogP contribution in [0.5, 0.6) is 0 Å². The zero-order valence-corrected chi connectivity index (χ0v) is 11.4. The number of nitrogens with one attached hydrogen (secondary N) is 1. The van der Waals surface area contributed by atoms with Gasteiger partial charge in [-0.2, -0.15) is 0 Å². The van der Waals surface area contributed by atoms with Gasteiger partial charge in [0.2, 0.25) is 0 Å². The summed E-state index contributed by atoms with van der Waals surface area (Å²) in [7, 11) is 1.35. The molecule has 0 radical (unpaired) electrons. The van der Waals surface area contributed by atoms with Crippen molar-refractivity contribution < 1.29 is 18.3 Å². The fourth-order valence-electron chi connectivity index (χ4n) is 1.76. The van der Waals surface area contributed by atoms with E-state index in [-0.39, 0.29) is 11.8 Å². The number of halogens is 1. The predicted molar refractivity (Wildman–Crippen MR) is 72.4 cm³/mol. The fourth-order valence-corrected chi connectivity index (χ4v) is 1.76. The van der Waals surface area contributed by atoms with E-state index >= 15 is 0 Å². The molecule has 0 aliphatic rings. The molecule has 1 unspecified atom stereocenters. The molecule has 1 aromatic carbocycles. The predicted octanol–water partition coefficient (Wildman–Crippen LogP) is 2.74. The van der Waals surface area contributed by atoms with Crippen LogP contribution in [0.3, 0.4) is 0 Å². The van der Waals surface area contributed by atoms with Crippen LogP contribution in [0.4, 0.5) is 4.39 Å². The van der Waals surface area contributed by atoms with Gasteiger partial charge in [0.1, 0.15) is 23.4 Å². The first kappa shape index (κ1) is 14.3. The molecule has 1 N–H and O–H groups in total. The van der Waals surface area contributed by atoms with Gasteiger partial charge < -0.3 is 9.15 Å². The highest BCUT2D eigenvalue weighted by Crippen LogP contribution is 2.22. The van der Waals surface area contributed by atoms with Crippen LogP contribution in [-0.4, -0.2) is 19.1 Å². The topological polar surface area (TPSA) is 51.5 Å². The Morgan fingerprint density at radius 2 is 2.00 bits per heavy atom. The molecule has 2 rings (SSSR count). The van der Waals surface area contributed by atoms with Crippen molar-refractivity contribution in [2.24, 2.45) is 0 Å². The average molecular weight is 277 g/mol. The van der Waals surface area contributed by atoms with Gasteiger partial charge in [-0.05, 0) is 43.3 Å². The molecule has 1 aromatic heterocycles. The van der Waals surface area contributed by atoms with Crippen molar-refractivity contribution in [3.8, 4) is 11.3 Å². The van der Waals surface area contributed by atoms with Crippen molar-refractivity contribution in [2.75, 3.05) is 7.11 Å². The Morgan fingerprint density at radius 3 is 2.65 bits per heavy atom. The maximum absolute atomic E-state index is 12.8. The summed E-state index contributed by atoms with van der Waals surface area (Å²) in [6, 6.07) is 9.30. The molecule has 0 aliphatic heterocycles. The lowest BCUT2D eigenvalue weighted by Crippen LogP contribution is -2.34. The minimum absolute atomic E-state index is 0.283. The molecule has 106 valence electrons. The lowest BCUT2D eigenvalue weighted by Gasteiger charge is -2.09.